The molecular weight excluding hydrogens is 300 g/mol. The number of aryl methyl sites for hydroxylation is 1. The molecule has 1 aromatic heterocycles. The van der Waals surface area contributed by atoms with Crippen molar-refractivity contribution < 1.29 is 24.6 Å². The Labute approximate surface area is 124 Å². The number of amides is 1. The van der Waals surface area contributed by atoms with Crippen LogP contribution in [0.2, 0.25) is 0 Å². The second kappa shape index (κ2) is 7.58. The Morgan fingerprint density at radius 1 is 1.24 bits per heavy atom. The van der Waals surface area contributed by atoms with Gasteiger partial charge in [-0.25, -0.2) is 0 Å². The number of carbonyl (C=O) groups excluding carboxylic acids is 1. The van der Waals surface area contributed by atoms with Crippen LogP contribution in [0.1, 0.15) is 18.5 Å². The molecule has 116 valence electrons. The highest BCUT2D eigenvalue weighted by atomic mass is 32.1. The summed E-state index contributed by atoms with van der Waals surface area (Å²) in [6.07, 6.45) is 0.328. The summed E-state index contributed by atoms with van der Waals surface area (Å²) in [5, 5.41) is 19.0. The quantitative estimate of drug-likeness (QED) is 0.697. The molecule has 0 fully saturated rings. The maximum atomic E-state index is 11.8. The maximum absolute atomic E-state index is 11.8. The molecule has 0 aliphatic rings. The smallest absolute Gasteiger partial charge is 0.323 e. The van der Waals surface area contributed by atoms with Gasteiger partial charge in [-0.3, -0.25) is 19.2 Å². The van der Waals surface area contributed by atoms with E-state index in [9.17, 15) is 19.2 Å². The number of hydrogen-bond acceptors (Lipinski definition) is 5. The number of hydrogen-bond donors (Lipinski definition) is 2. The molecule has 8 nitrogen and oxygen atoms in total. The van der Waals surface area contributed by atoms with Crippen molar-refractivity contribution in [3.63, 3.8) is 0 Å². The van der Waals surface area contributed by atoms with Crippen LogP contribution >= 0.6 is 11.3 Å². The van der Waals surface area contributed by atoms with E-state index in [4.69, 9.17) is 10.2 Å². The Bertz CT molecular complexity index is 575. The van der Waals surface area contributed by atoms with Crippen LogP contribution < -0.4 is 4.87 Å². The molecule has 0 atom stereocenters. The van der Waals surface area contributed by atoms with Gasteiger partial charge >= 0.3 is 16.8 Å². The summed E-state index contributed by atoms with van der Waals surface area (Å²) in [6, 6.07) is 0. The molecule has 9 heteroatoms. The molecule has 0 bridgehead atoms. The number of thiazole rings is 1. The van der Waals surface area contributed by atoms with E-state index in [1.807, 2.05) is 0 Å². The zero-order valence-electron chi connectivity index (χ0n) is 11.4. The van der Waals surface area contributed by atoms with Gasteiger partial charge in [-0.2, -0.15) is 0 Å². The van der Waals surface area contributed by atoms with Crippen LogP contribution in [0.4, 0.5) is 0 Å². The number of carboxylic acid groups (broad SMARTS) is 2. The summed E-state index contributed by atoms with van der Waals surface area (Å²) in [4.78, 5) is 45.2. The van der Waals surface area contributed by atoms with Gasteiger partial charge in [0.2, 0.25) is 5.91 Å². The van der Waals surface area contributed by atoms with E-state index < -0.39 is 30.9 Å². The van der Waals surface area contributed by atoms with Gasteiger partial charge in [0.25, 0.3) is 0 Å². The highest BCUT2D eigenvalue weighted by Crippen LogP contribution is 2.04. The zero-order chi connectivity index (χ0) is 16.0. The van der Waals surface area contributed by atoms with Crippen LogP contribution in [0.15, 0.2) is 10.2 Å². The first-order chi connectivity index (χ1) is 9.81. The number of carboxylic acids is 2. The van der Waals surface area contributed by atoms with Crippen molar-refractivity contribution in [2.75, 3.05) is 13.1 Å². The first kappa shape index (κ1) is 16.9. The van der Waals surface area contributed by atoms with Crippen molar-refractivity contribution in [2.24, 2.45) is 0 Å². The number of aromatic nitrogens is 1. The number of rotatable bonds is 8. The average molecular weight is 316 g/mol. The van der Waals surface area contributed by atoms with Crippen LogP contribution in [0.25, 0.3) is 0 Å². The molecular formula is C12H16N2O6S. The molecule has 1 aromatic rings. The second-order valence-electron chi connectivity index (χ2n) is 4.44. The largest absolute Gasteiger partial charge is 0.480 e. The molecule has 2 N–H and O–H groups in total. The third-order valence-corrected chi connectivity index (χ3v) is 3.63. The highest BCUT2D eigenvalue weighted by molar-refractivity contribution is 7.07. The van der Waals surface area contributed by atoms with Gasteiger partial charge < -0.3 is 19.7 Å². The van der Waals surface area contributed by atoms with E-state index >= 15 is 0 Å². The van der Waals surface area contributed by atoms with Crippen LogP contribution in [-0.4, -0.2) is 50.6 Å². The van der Waals surface area contributed by atoms with Gasteiger partial charge in [0.15, 0.2) is 0 Å². The third-order valence-electron chi connectivity index (χ3n) is 2.75. The summed E-state index contributed by atoms with van der Waals surface area (Å²) in [7, 11) is 0. The lowest BCUT2D eigenvalue weighted by Crippen LogP contribution is -2.39. The molecule has 1 amide bonds. The molecule has 0 spiro atoms. The van der Waals surface area contributed by atoms with Crippen molar-refractivity contribution in [2.45, 2.75) is 26.3 Å². The molecule has 0 aromatic carbocycles. The molecule has 0 unspecified atom stereocenters. The van der Waals surface area contributed by atoms with Gasteiger partial charge in [-0.15, -0.1) is 0 Å². The molecule has 1 heterocycles. The molecule has 0 radical (unpaired) electrons. The lowest BCUT2D eigenvalue weighted by Gasteiger charge is -2.18. The fourth-order valence-corrected chi connectivity index (χ4v) is 2.54. The fourth-order valence-electron chi connectivity index (χ4n) is 1.78. The van der Waals surface area contributed by atoms with Gasteiger partial charge in [0.05, 0.1) is 0 Å². The standard InChI is InChI=1S/C12H16N2O6S/c1-8-7-21-12(20)14(8)4-2-3-9(15)13(5-10(16)17)6-11(18)19/h7H,2-6H2,1H3,(H,16,17)(H,18,19). The topological polar surface area (TPSA) is 117 Å². The van der Waals surface area contributed by atoms with Crippen molar-refractivity contribution in [1.82, 2.24) is 9.47 Å². The molecule has 0 saturated heterocycles. The van der Waals surface area contributed by atoms with E-state index in [1.165, 1.54) is 4.57 Å². The summed E-state index contributed by atoms with van der Waals surface area (Å²) in [5.74, 6) is -3.09. The van der Waals surface area contributed by atoms with Crippen molar-refractivity contribution in [3.05, 3.63) is 20.7 Å². The minimum absolute atomic E-state index is 0.0116. The first-order valence-corrected chi connectivity index (χ1v) is 7.05. The third kappa shape index (κ3) is 5.38. The van der Waals surface area contributed by atoms with Gasteiger partial charge in [-0.1, -0.05) is 11.3 Å². The van der Waals surface area contributed by atoms with E-state index in [2.05, 4.69) is 0 Å². The lowest BCUT2D eigenvalue weighted by atomic mass is 10.2. The molecule has 0 aliphatic heterocycles. The maximum Gasteiger partial charge on any atom is 0.323 e. The normalized spacial score (nSPS) is 10.3. The highest BCUT2D eigenvalue weighted by Gasteiger charge is 2.19. The Kier molecular flexibility index (Phi) is 6.10. The average Bonchev–Trinajstić information content (AvgIpc) is 2.68. The van der Waals surface area contributed by atoms with Gasteiger partial charge in [-0.05, 0) is 13.3 Å². The molecule has 0 saturated carbocycles. The van der Waals surface area contributed by atoms with Crippen LogP contribution in [0, 0.1) is 6.92 Å². The monoisotopic (exact) mass is 316 g/mol. The molecule has 0 aliphatic carbocycles. The molecule has 21 heavy (non-hydrogen) atoms. The van der Waals surface area contributed by atoms with E-state index in [0.717, 1.165) is 21.9 Å². The van der Waals surface area contributed by atoms with Crippen molar-refractivity contribution in [1.29, 1.82) is 0 Å². The van der Waals surface area contributed by atoms with Crippen molar-refractivity contribution in [3.8, 4) is 0 Å². The summed E-state index contributed by atoms with van der Waals surface area (Å²) in [6.45, 7) is 0.819. The predicted octanol–water partition coefficient (Wildman–Crippen LogP) is -0.00378. The summed E-state index contributed by atoms with van der Waals surface area (Å²) < 4.78 is 1.52. The Hall–Kier alpha value is -2.16. The zero-order valence-corrected chi connectivity index (χ0v) is 12.3. The minimum atomic E-state index is -1.27. The Morgan fingerprint density at radius 2 is 1.81 bits per heavy atom. The minimum Gasteiger partial charge on any atom is -0.480 e. The van der Waals surface area contributed by atoms with Crippen LogP contribution in [0.5, 0.6) is 0 Å². The lowest BCUT2D eigenvalue weighted by molar-refractivity contribution is -0.149. The second-order valence-corrected chi connectivity index (χ2v) is 5.26. The predicted molar refractivity (Wildman–Crippen MR) is 74.4 cm³/mol. The van der Waals surface area contributed by atoms with Crippen LogP contribution in [-0.2, 0) is 20.9 Å². The number of nitrogens with zero attached hydrogens (tertiary/aromatic N) is 2. The number of carbonyl (C=O) groups is 3. The summed E-state index contributed by atoms with van der Waals surface area (Å²) >= 11 is 1.07. The Balaban J connectivity index is 2.55. The fraction of sp³-hybridized carbons (Fsp3) is 0.500. The van der Waals surface area contributed by atoms with Gasteiger partial charge in [0, 0.05) is 24.0 Å². The Morgan fingerprint density at radius 3 is 2.24 bits per heavy atom. The first-order valence-electron chi connectivity index (χ1n) is 6.17. The number of aliphatic carboxylic acids is 2. The van der Waals surface area contributed by atoms with E-state index in [-0.39, 0.29) is 11.3 Å². The van der Waals surface area contributed by atoms with Crippen molar-refractivity contribution >= 4 is 29.2 Å². The summed E-state index contributed by atoms with van der Waals surface area (Å²) in [5.41, 5.74) is 0.797. The van der Waals surface area contributed by atoms with E-state index in [0.29, 0.717) is 13.0 Å². The van der Waals surface area contributed by atoms with Gasteiger partial charge in [0.1, 0.15) is 13.1 Å². The van der Waals surface area contributed by atoms with Crippen LogP contribution in [0.3, 0.4) is 0 Å². The van der Waals surface area contributed by atoms with E-state index in [1.54, 1.807) is 12.3 Å². The SMILES string of the molecule is Cc1csc(=O)n1CCCC(=O)N(CC(=O)O)CC(=O)O. The molecule has 1 rings (SSSR count).